The van der Waals surface area contributed by atoms with Gasteiger partial charge in [0.15, 0.2) is 0 Å². The second kappa shape index (κ2) is 7.49. The van der Waals surface area contributed by atoms with Gasteiger partial charge in [-0.05, 0) is 19.9 Å². The smallest absolute Gasteiger partial charge is 0.317 e. The van der Waals surface area contributed by atoms with E-state index in [-0.39, 0.29) is 45.2 Å². The van der Waals surface area contributed by atoms with Gasteiger partial charge in [-0.1, -0.05) is 0 Å². The Bertz CT molecular complexity index is 721. The van der Waals surface area contributed by atoms with Gasteiger partial charge in [0.1, 0.15) is 0 Å². The number of amides is 2. The summed E-state index contributed by atoms with van der Waals surface area (Å²) in [7, 11) is -3.54. The van der Waals surface area contributed by atoms with E-state index < -0.39 is 16.0 Å². The maximum Gasteiger partial charge on any atom is 0.317 e. The van der Waals surface area contributed by atoms with E-state index >= 15 is 0 Å². The minimum Gasteiger partial charge on any atom is -0.481 e. The Morgan fingerprint density at radius 3 is 2.38 bits per heavy atom. The van der Waals surface area contributed by atoms with Crippen LogP contribution in [-0.4, -0.2) is 67.5 Å². The predicted octanol–water partition coefficient (Wildman–Crippen LogP) is 0.856. The standard InChI is InChI=1S/C14H21N3O5S2/c1-10-9-12(11(2)23-10)24(21,22)17-7-5-16(6-8-17)14(20)15-4-3-13(18)19/h9H,3-8H2,1-2H3,(H,15,20)(H,18,19). The summed E-state index contributed by atoms with van der Waals surface area (Å²) >= 11 is 1.45. The van der Waals surface area contributed by atoms with Crippen LogP contribution in [0.25, 0.3) is 0 Å². The first-order chi connectivity index (χ1) is 11.2. The zero-order chi connectivity index (χ0) is 17.9. The Hall–Kier alpha value is -1.65. The van der Waals surface area contributed by atoms with E-state index in [1.54, 1.807) is 13.0 Å². The summed E-state index contributed by atoms with van der Waals surface area (Å²) in [5, 5.41) is 11.1. The van der Waals surface area contributed by atoms with Crippen LogP contribution in [0, 0.1) is 13.8 Å². The van der Waals surface area contributed by atoms with Gasteiger partial charge in [-0.3, -0.25) is 4.79 Å². The third kappa shape index (κ3) is 4.25. The summed E-state index contributed by atoms with van der Waals surface area (Å²) in [6.07, 6.45) is -0.142. The molecule has 0 radical (unpaired) electrons. The number of carbonyl (C=O) groups is 2. The van der Waals surface area contributed by atoms with Crippen molar-refractivity contribution in [3.05, 3.63) is 15.8 Å². The van der Waals surface area contributed by atoms with Crippen molar-refractivity contribution in [2.75, 3.05) is 32.7 Å². The third-order valence-corrected chi connectivity index (χ3v) is 6.87. The molecule has 1 fully saturated rings. The molecule has 8 nitrogen and oxygen atoms in total. The van der Waals surface area contributed by atoms with Gasteiger partial charge in [-0.25, -0.2) is 13.2 Å². The van der Waals surface area contributed by atoms with Gasteiger partial charge in [-0.15, -0.1) is 11.3 Å². The van der Waals surface area contributed by atoms with Gasteiger partial charge < -0.3 is 15.3 Å². The summed E-state index contributed by atoms with van der Waals surface area (Å²) in [4.78, 5) is 25.9. The van der Waals surface area contributed by atoms with E-state index in [1.807, 2.05) is 6.92 Å². The molecule has 2 heterocycles. The number of nitrogens with one attached hydrogen (secondary N) is 1. The molecule has 2 rings (SSSR count). The Kier molecular flexibility index (Phi) is 5.83. The monoisotopic (exact) mass is 375 g/mol. The number of aliphatic carboxylic acids is 1. The molecule has 0 spiro atoms. The number of carbonyl (C=O) groups excluding carboxylic acids is 1. The van der Waals surface area contributed by atoms with Gasteiger partial charge in [0.25, 0.3) is 0 Å². The van der Waals surface area contributed by atoms with Crippen LogP contribution in [0.1, 0.15) is 16.2 Å². The van der Waals surface area contributed by atoms with Crippen LogP contribution in [0.5, 0.6) is 0 Å². The molecule has 0 unspecified atom stereocenters. The molecule has 0 bridgehead atoms. The van der Waals surface area contributed by atoms with E-state index in [2.05, 4.69) is 5.32 Å². The molecule has 134 valence electrons. The molecule has 1 aliphatic rings. The molecule has 1 aromatic heterocycles. The number of hydrogen-bond acceptors (Lipinski definition) is 5. The Balaban J connectivity index is 1.93. The zero-order valence-corrected chi connectivity index (χ0v) is 15.2. The van der Waals surface area contributed by atoms with E-state index in [0.717, 1.165) is 9.75 Å². The van der Waals surface area contributed by atoms with Crippen molar-refractivity contribution in [1.29, 1.82) is 0 Å². The van der Waals surface area contributed by atoms with Crippen molar-refractivity contribution < 1.29 is 23.1 Å². The van der Waals surface area contributed by atoms with Gasteiger partial charge >= 0.3 is 12.0 Å². The van der Waals surface area contributed by atoms with E-state index in [4.69, 9.17) is 5.11 Å². The van der Waals surface area contributed by atoms with Crippen LogP contribution in [-0.2, 0) is 14.8 Å². The molecule has 0 atom stereocenters. The van der Waals surface area contributed by atoms with Crippen LogP contribution in [0.2, 0.25) is 0 Å². The van der Waals surface area contributed by atoms with Crippen molar-refractivity contribution >= 4 is 33.4 Å². The minimum absolute atomic E-state index is 0.0556. The Morgan fingerprint density at radius 2 is 1.88 bits per heavy atom. The lowest BCUT2D eigenvalue weighted by atomic mass is 10.4. The summed E-state index contributed by atoms with van der Waals surface area (Å²) < 4.78 is 26.8. The van der Waals surface area contributed by atoms with E-state index in [0.29, 0.717) is 4.90 Å². The molecule has 0 aliphatic carbocycles. The summed E-state index contributed by atoms with van der Waals surface area (Å²) in [5.74, 6) is -0.979. The number of urea groups is 1. The number of nitrogens with zero attached hydrogens (tertiary/aromatic N) is 2. The fourth-order valence-corrected chi connectivity index (χ4v) is 5.47. The number of piperazine rings is 1. The van der Waals surface area contributed by atoms with Gasteiger partial charge in [0.05, 0.1) is 11.3 Å². The lowest BCUT2D eigenvalue weighted by Gasteiger charge is -2.33. The van der Waals surface area contributed by atoms with E-state index in [1.165, 1.54) is 20.5 Å². The number of sulfonamides is 1. The first-order valence-electron chi connectivity index (χ1n) is 7.53. The lowest BCUT2D eigenvalue weighted by molar-refractivity contribution is -0.136. The maximum atomic E-state index is 12.7. The molecule has 1 saturated heterocycles. The average molecular weight is 375 g/mol. The minimum atomic E-state index is -3.54. The first-order valence-corrected chi connectivity index (χ1v) is 9.79. The molecular formula is C14H21N3O5S2. The average Bonchev–Trinajstić information content (AvgIpc) is 2.86. The molecule has 0 saturated carbocycles. The topological polar surface area (TPSA) is 107 Å². The molecule has 2 N–H and O–H groups in total. The quantitative estimate of drug-likeness (QED) is 0.794. The van der Waals surface area contributed by atoms with Gasteiger partial charge in [0.2, 0.25) is 10.0 Å². The van der Waals surface area contributed by atoms with Crippen molar-refractivity contribution in [1.82, 2.24) is 14.5 Å². The maximum absolute atomic E-state index is 12.7. The van der Waals surface area contributed by atoms with Crippen LogP contribution in [0.4, 0.5) is 4.79 Å². The van der Waals surface area contributed by atoms with Crippen LogP contribution < -0.4 is 5.32 Å². The molecule has 10 heteroatoms. The van der Waals surface area contributed by atoms with Crippen LogP contribution in [0.3, 0.4) is 0 Å². The van der Waals surface area contributed by atoms with Crippen molar-refractivity contribution in [3.8, 4) is 0 Å². The van der Waals surface area contributed by atoms with Crippen molar-refractivity contribution in [3.63, 3.8) is 0 Å². The van der Waals surface area contributed by atoms with Crippen LogP contribution in [0.15, 0.2) is 11.0 Å². The SMILES string of the molecule is Cc1cc(S(=O)(=O)N2CCN(C(=O)NCCC(=O)O)CC2)c(C)s1. The highest BCUT2D eigenvalue weighted by Gasteiger charge is 2.31. The lowest BCUT2D eigenvalue weighted by Crippen LogP contribution is -2.53. The summed E-state index contributed by atoms with van der Waals surface area (Å²) in [6, 6.07) is 1.32. The number of aryl methyl sites for hydroxylation is 2. The fourth-order valence-electron chi connectivity index (χ4n) is 2.52. The number of carboxylic acids is 1. The number of hydrogen-bond donors (Lipinski definition) is 2. The zero-order valence-electron chi connectivity index (χ0n) is 13.6. The highest BCUT2D eigenvalue weighted by Crippen LogP contribution is 2.28. The largest absolute Gasteiger partial charge is 0.481 e. The number of rotatable bonds is 5. The molecule has 2 amide bonds. The van der Waals surface area contributed by atoms with Crippen molar-refractivity contribution in [2.24, 2.45) is 0 Å². The Morgan fingerprint density at radius 1 is 1.25 bits per heavy atom. The molecule has 1 aliphatic heterocycles. The van der Waals surface area contributed by atoms with Gasteiger partial charge in [-0.2, -0.15) is 4.31 Å². The van der Waals surface area contributed by atoms with Crippen LogP contribution >= 0.6 is 11.3 Å². The molecule has 0 aromatic carbocycles. The van der Waals surface area contributed by atoms with Crippen molar-refractivity contribution in [2.45, 2.75) is 25.2 Å². The first kappa shape index (κ1) is 18.7. The molecular weight excluding hydrogens is 354 g/mol. The second-order valence-corrected chi connectivity index (χ2v) is 8.91. The number of thiophene rings is 1. The predicted molar refractivity (Wildman–Crippen MR) is 89.8 cm³/mol. The highest BCUT2D eigenvalue weighted by atomic mass is 32.2. The third-order valence-electron chi connectivity index (χ3n) is 3.75. The second-order valence-electron chi connectivity index (χ2n) is 5.54. The molecule has 24 heavy (non-hydrogen) atoms. The highest BCUT2D eigenvalue weighted by molar-refractivity contribution is 7.89. The Labute approximate surface area is 145 Å². The normalized spacial score (nSPS) is 16.2. The van der Waals surface area contributed by atoms with Gasteiger partial charge in [0, 0.05) is 42.5 Å². The summed E-state index contributed by atoms with van der Waals surface area (Å²) in [6.45, 7) is 4.72. The van der Waals surface area contributed by atoms with E-state index in [9.17, 15) is 18.0 Å². The summed E-state index contributed by atoms with van der Waals surface area (Å²) in [5.41, 5.74) is 0. The number of carboxylic acid groups (broad SMARTS) is 1. The molecule has 1 aromatic rings. The fraction of sp³-hybridized carbons (Fsp3) is 0.571.